The fraction of sp³-hybridized carbons (Fsp3) is 0.385. The smallest absolute Gasteiger partial charge is 0.295 e. The Hall–Kier alpha value is -3.52. The second-order valence-electron chi connectivity index (χ2n) is 8.32. The molecule has 0 spiro atoms. The van der Waals surface area contributed by atoms with Gasteiger partial charge in [0.25, 0.3) is 11.7 Å². The summed E-state index contributed by atoms with van der Waals surface area (Å²) in [5.74, 6) is 0.0944. The minimum absolute atomic E-state index is 0.0447. The highest BCUT2D eigenvalue weighted by Gasteiger charge is 2.46. The van der Waals surface area contributed by atoms with Gasteiger partial charge in [-0.15, -0.1) is 0 Å². The minimum Gasteiger partial charge on any atom is -0.507 e. The van der Waals surface area contributed by atoms with Crippen LogP contribution in [-0.2, 0) is 9.59 Å². The van der Waals surface area contributed by atoms with E-state index in [2.05, 4.69) is 0 Å². The number of ether oxygens (including phenoxy) is 3. The molecule has 1 atom stereocenters. The molecular formula is C26H32N2O6. The van der Waals surface area contributed by atoms with Crippen LogP contribution in [0.5, 0.6) is 17.2 Å². The molecule has 1 saturated heterocycles. The average Bonchev–Trinajstić information content (AvgIpc) is 3.07. The Labute approximate surface area is 200 Å². The topological polar surface area (TPSA) is 88.5 Å². The molecule has 0 aliphatic carbocycles. The molecule has 2 aromatic carbocycles. The lowest BCUT2D eigenvalue weighted by Crippen LogP contribution is -2.35. The van der Waals surface area contributed by atoms with E-state index in [4.69, 9.17) is 14.2 Å². The molecule has 8 nitrogen and oxygen atoms in total. The van der Waals surface area contributed by atoms with Crippen LogP contribution in [0.25, 0.3) is 5.76 Å². The van der Waals surface area contributed by atoms with E-state index in [1.165, 1.54) is 12.0 Å². The van der Waals surface area contributed by atoms with Crippen molar-refractivity contribution in [2.75, 3.05) is 48.0 Å². The summed E-state index contributed by atoms with van der Waals surface area (Å²) in [5.41, 5.74) is 1.88. The monoisotopic (exact) mass is 468 g/mol. The Morgan fingerprint density at radius 2 is 1.79 bits per heavy atom. The maximum absolute atomic E-state index is 13.2. The third kappa shape index (κ3) is 4.87. The highest BCUT2D eigenvalue weighted by atomic mass is 16.5. The van der Waals surface area contributed by atoms with Crippen LogP contribution in [0, 0.1) is 6.92 Å². The van der Waals surface area contributed by atoms with Gasteiger partial charge in [0.1, 0.15) is 11.5 Å². The van der Waals surface area contributed by atoms with Gasteiger partial charge in [-0.25, -0.2) is 0 Å². The van der Waals surface area contributed by atoms with Gasteiger partial charge in [-0.05, 0) is 69.4 Å². The molecule has 0 bridgehead atoms. The van der Waals surface area contributed by atoms with Gasteiger partial charge >= 0.3 is 0 Å². The minimum atomic E-state index is -0.772. The molecule has 1 aliphatic heterocycles. The molecule has 1 aliphatic rings. The number of nitrogens with zero attached hydrogens (tertiary/aromatic N) is 2. The zero-order valence-corrected chi connectivity index (χ0v) is 20.5. The van der Waals surface area contributed by atoms with Crippen LogP contribution in [0.15, 0.2) is 42.0 Å². The van der Waals surface area contributed by atoms with Gasteiger partial charge in [0.15, 0.2) is 11.5 Å². The molecule has 34 heavy (non-hydrogen) atoms. The van der Waals surface area contributed by atoms with E-state index in [1.807, 2.05) is 32.8 Å². The molecule has 8 heteroatoms. The van der Waals surface area contributed by atoms with Crippen molar-refractivity contribution in [1.82, 2.24) is 9.80 Å². The summed E-state index contributed by atoms with van der Waals surface area (Å²) in [4.78, 5) is 29.7. The van der Waals surface area contributed by atoms with Crippen molar-refractivity contribution in [3.05, 3.63) is 58.7 Å². The van der Waals surface area contributed by atoms with Gasteiger partial charge in [-0.1, -0.05) is 6.07 Å². The number of aryl methyl sites for hydroxylation is 1. The lowest BCUT2D eigenvalue weighted by molar-refractivity contribution is -0.140. The van der Waals surface area contributed by atoms with Crippen LogP contribution in [0.1, 0.15) is 29.7 Å². The normalized spacial score (nSPS) is 17.4. The summed E-state index contributed by atoms with van der Waals surface area (Å²) in [6, 6.07) is 9.69. The molecule has 3 rings (SSSR count). The summed E-state index contributed by atoms with van der Waals surface area (Å²) in [6.07, 6.45) is 0. The van der Waals surface area contributed by atoms with Crippen molar-refractivity contribution in [2.24, 2.45) is 0 Å². The van der Waals surface area contributed by atoms with Gasteiger partial charge < -0.3 is 29.1 Å². The van der Waals surface area contributed by atoms with E-state index < -0.39 is 17.7 Å². The van der Waals surface area contributed by atoms with Gasteiger partial charge in [-0.3, -0.25) is 9.59 Å². The van der Waals surface area contributed by atoms with E-state index in [-0.39, 0.29) is 11.3 Å². The number of aliphatic hydroxyl groups excluding tert-OH is 1. The molecule has 1 amide bonds. The maximum atomic E-state index is 13.2. The second-order valence-corrected chi connectivity index (χ2v) is 8.32. The molecule has 182 valence electrons. The van der Waals surface area contributed by atoms with Gasteiger partial charge in [-0.2, -0.15) is 0 Å². The highest BCUT2D eigenvalue weighted by molar-refractivity contribution is 6.46. The number of Topliss-reactive ketones (excluding diaryl/α,β-unsaturated/α-hetero) is 1. The molecular weight excluding hydrogens is 436 g/mol. The number of carbonyl (C=O) groups excluding carboxylic acids is 2. The number of likely N-dealkylation sites (N-methyl/N-ethyl adjacent to an activating group) is 1. The molecule has 2 aromatic rings. The molecule has 1 N–H and O–H groups in total. The first-order chi connectivity index (χ1) is 16.2. The first kappa shape index (κ1) is 25.1. The number of hydrogen-bond acceptors (Lipinski definition) is 7. The Kier molecular flexibility index (Phi) is 7.83. The third-order valence-electron chi connectivity index (χ3n) is 5.82. The molecule has 0 aromatic heterocycles. The van der Waals surface area contributed by atoms with Crippen LogP contribution in [0.2, 0.25) is 0 Å². The van der Waals surface area contributed by atoms with E-state index in [0.29, 0.717) is 48.1 Å². The van der Waals surface area contributed by atoms with Crippen molar-refractivity contribution in [2.45, 2.75) is 19.9 Å². The average molecular weight is 469 g/mol. The van der Waals surface area contributed by atoms with Crippen molar-refractivity contribution in [3.8, 4) is 17.2 Å². The number of rotatable bonds is 9. The Morgan fingerprint density at radius 3 is 2.38 bits per heavy atom. The molecule has 1 heterocycles. The summed E-state index contributed by atoms with van der Waals surface area (Å²) in [6.45, 7) is 5.03. The van der Waals surface area contributed by atoms with E-state index in [1.54, 1.807) is 43.5 Å². The number of benzene rings is 2. The summed E-state index contributed by atoms with van der Waals surface area (Å²) >= 11 is 0. The summed E-state index contributed by atoms with van der Waals surface area (Å²) in [5, 5.41) is 11.3. The van der Waals surface area contributed by atoms with Crippen molar-refractivity contribution in [3.63, 3.8) is 0 Å². The Morgan fingerprint density at radius 1 is 1.06 bits per heavy atom. The van der Waals surface area contributed by atoms with Gasteiger partial charge in [0, 0.05) is 18.7 Å². The van der Waals surface area contributed by atoms with Gasteiger partial charge in [0.05, 0.1) is 32.4 Å². The van der Waals surface area contributed by atoms with Crippen LogP contribution in [0.4, 0.5) is 0 Å². The van der Waals surface area contributed by atoms with Crippen molar-refractivity contribution >= 4 is 17.4 Å². The van der Waals surface area contributed by atoms with Crippen LogP contribution < -0.4 is 14.2 Å². The first-order valence-electron chi connectivity index (χ1n) is 11.1. The predicted molar refractivity (Wildman–Crippen MR) is 129 cm³/mol. The van der Waals surface area contributed by atoms with Crippen molar-refractivity contribution < 1.29 is 28.9 Å². The second kappa shape index (κ2) is 10.6. The third-order valence-corrected chi connectivity index (χ3v) is 5.82. The standard InChI is InChI=1S/C26H32N2O6/c1-7-34-20-11-8-17(15-21(20)33-6)23-22(25(30)26(31)28(23)13-12-27(3)4)24(29)19-10-9-18(32-5)14-16(19)2/h8-11,14-15,23,29H,7,12-13H2,1-6H3/t23-/m1/s1. The van der Waals surface area contributed by atoms with E-state index >= 15 is 0 Å². The number of carbonyl (C=O) groups is 2. The lowest BCUT2D eigenvalue weighted by atomic mass is 9.93. The zero-order valence-electron chi connectivity index (χ0n) is 20.5. The number of ketones is 1. The van der Waals surface area contributed by atoms with Crippen LogP contribution >= 0.6 is 0 Å². The largest absolute Gasteiger partial charge is 0.507 e. The van der Waals surface area contributed by atoms with E-state index in [0.717, 1.165) is 5.56 Å². The number of likely N-dealkylation sites (tertiary alicyclic amines) is 1. The van der Waals surface area contributed by atoms with Crippen LogP contribution in [-0.4, -0.2) is 74.6 Å². The SMILES string of the molecule is CCOc1ccc([C@@H]2C(=C(O)c3ccc(OC)cc3C)C(=O)C(=O)N2CCN(C)C)cc1OC. The molecule has 0 saturated carbocycles. The Balaban J connectivity index is 2.20. The van der Waals surface area contributed by atoms with Crippen molar-refractivity contribution in [1.29, 1.82) is 0 Å². The lowest BCUT2D eigenvalue weighted by Gasteiger charge is -2.27. The number of methoxy groups -OCH3 is 2. The highest BCUT2D eigenvalue weighted by Crippen LogP contribution is 2.42. The number of aliphatic hydroxyl groups is 1. The first-order valence-corrected chi connectivity index (χ1v) is 11.1. The fourth-order valence-corrected chi connectivity index (χ4v) is 4.07. The van der Waals surface area contributed by atoms with E-state index in [9.17, 15) is 14.7 Å². The number of amides is 1. The fourth-order valence-electron chi connectivity index (χ4n) is 4.07. The molecule has 0 radical (unpaired) electrons. The zero-order chi connectivity index (χ0) is 25.0. The van der Waals surface area contributed by atoms with Gasteiger partial charge in [0.2, 0.25) is 0 Å². The molecule has 0 unspecified atom stereocenters. The quantitative estimate of drug-likeness (QED) is 0.343. The van der Waals surface area contributed by atoms with Crippen LogP contribution in [0.3, 0.4) is 0 Å². The maximum Gasteiger partial charge on any atom is 0.295 e. The summed E-state index contributed by atoms with van der Waals surface area (Å²) < 4.78 is 16.4. The molecule has 1 fully saturated rings. The summed E-state index contributed by atoms with van der Waals surface area (Å²) in [7, 11) is 6.88. The predicted octanol–water partition coefficient (Wildman–Crippen LogP) is 3.39. The Bertz CT molecular complexity index is 1110. The number of hydrogen-bond donors (Lipinski definition) is 1.